The van der Waals surface area contributed by atoms with Crippen molar-refractivity contribution in [1.29, 1.82) is 0 Å². The van der Waals surface area contributed by atoms with Crippen LogP contribution in [0.5, 0.6) is 0 Å². The Balaban J connectivity index is 1.95. The van der Waals surface area contributed by atoms with Crippen LogP contribution in [0.1, 0.15) is 23.2 Å². The Morgan fingerprint density at radius 1 is 1.32 bits per heavy atom. The molecule has 3 nitrogen and oxygen atoms in total. The highest BCUT2D eigenvalue weighted by atomic mass is 16.3. The number of benzene rings is 1. The van der Waals surface area contributed by atoms with Gasteiger partial charge in [-0.3, -0.25) is 0 Å². The zero-order valence-electron chi connectivity index (χ0n) is 11.7. The highest BCUT2D eigenvalue weighted by Gasteiger charge is 2.24. The summed E-state index contributed by atoms with van der Waals surface area (Å²) >= 11 is 0. The molecule has 19 heavy (non-hydrogen) atoms. The SMILES string of the molecule is Cc1ccc2[nH]c(C)c(CC3CNCCC3O)c2c1. The number of fused-ring (bicyclic) bond motifs is 1. The average Bonchev–Trinajstić information content (AvgIpc) is 2.69. The van der Waals surface area contributed by atoms with E-state index in [4.69, 9.17) is 0 Å². The third-order valence-corrected chi connectivity index (χ3v) is 4.31. The van der Waals surface area contributed by atoms with E-state index < -0.39 is 0 Å². The number of aromatic amines is 1. The highest BCUT2D eigenvalue weighted by Crippen LogP contribution is 2.27. The van der Waals surface area contributed by atoms with Gasteiger partial charge in [-0.15, -0.1) is 0 Å². The first kappa shape index (κ1) is 12.7. The minimum Gasteiger partial charge on any atom is -0.393 e. The summed E-state index contributed by atoms with van der Waals surface area (Å²) in [6, 6.07) is 6.53. The number of aliphatic hydroxyl groups is 1. The molecule has 1 aliphatic heterocycles. The van der Waals surface area contributed by atoms with Crippen molar-refractivity contribution in [3.05, 3.63) is 35.0 Å². The number of piperidine rings is 1. The van der Waals surface area contributed by atoms with Gasteiger partial charge in [0.25, 0.3) is 0 Å². The number of aromatic nitrogens is 1. The standard InChI is InChI=1S/C16H22N2O/c1-10-3-4-15-14(7-10)13(11(2)18-15)8-12-9-17-6-5-16(12)19/h3-4,7,12,16-19H,5-6,8-9H2,1-2H3. The molecule has 1 aliphatic rings. The molecule has 0 saturated carbocycles. The van der Waals surface area contributed by atoms with E-state index in [1.807, 2.05) is 0 Å². The van der Waals surface area contributed by atoms with Gasteiger partial charge in [0.1, 0.15) is 0 Å². The van der Waals surface area contributed by atoms with E-state index in [-0.39, 0.29) is 6.10 Å². The molecule has 1 aromatic heterocycles. The third-order valence-electron chi connectivity index (χ3n) is 4.31. The van der Waals surface area contributed by atoms with Crippen LogP contribution in [0.15, 0.2) is 18.2 Å². The van der Waals surface area contributed by atoms with Gasteiger partial charge >= 0.3 is 0 Å². The zero-order valence-corrected chi connectivity index (χ0v) is 11.7. The highest BCUT2D eigenvalue weighted by molar-refractivity contribution is 5.85. The average molecular weight is 258 g/mol. The van der Waals surface area contributed by atoms with Crippen LogP contribution in [-0.4, -0.2) is 29.3 Å². The van der Waals surface area contributed by atoms with Gasteiger partial charge in [-0.05, 0) is 50.9 Å². The molecule has 1 fully saturated rings. The molecular formula is C16H22N2O. The Morgan fingerprint density at radius 2 is 2.16 bits per heavy atom. The molecule has 3 heteroatoms. The van der Waals surface area contributed by atoms with E-state index in [0.29, 0.717) is 5.92 Å². The minimum absolute atomic E-state index is 0.171. The fourth-order valence-electron chi connectivity index (χ4n) is 3.14. The Hall–Kier alpha value is -1.32. The Kier molecular flexibility index (Phi) is 3.33. The lowest BCUT2D eigenvalue weighted by atomic mass is 9.88. The molecule has 0 amide bonds. The van der Waals surface area contributed by atoms with Crippen molar-refractivity contribution in [2.75, 3.05) is 13.1 Å². The van der Waals surface area contributed by atoms with Crippen LogP contribution >= 0.6 is 0 Å². The largest absolute Gasteiger partial charge is 0.393 e. The number of aliphatic hydroxyl groups excluding tert-OH is 1. The lowest BCUT2D eigenvalue weighted by molar-refractivity contribution is 0.0792. The molecule has 1 saturated heterocycles. The number of hydrogen-bond acceptors (Lipinski definition) is 2. The van der Waals surface area contributed by atoms with Crippen LogP contribution < -0.4 is 5.32 Å². The number of rotatable bonds is 2. The quantitative estimate of drug-likeness (QED) is 0.774. The minimum atomic E-state index is -0.171. The van der Waals surface area contributed by atoms with Gasteiger partial charge in [0.2, 0.25) is 0 Å². The summed E-state index contributed by atoms with van der Waals surface area (Å²) in [5.74, 6) is 0.326. The Morgan fingerprint density at radius 3 is 2.95 bits per heavy atom. The first-order valence-electron chi connectivity index (χ1n) is 7.11. The monoisotopic (exact) mass is 258 g/mol. The van der Waals surface area contributed by atoms with Gasteiger partial charge in [0.15, 0.2) is 0 Å². The van der Waals surface area contributed by atoms with Crippen LogP contribution in [0.2, 0.25) is 0 Å². The fourth-order valence-corrected chi connectivity index (χ4v) is 3.14. The van der Waals surface area contributed by atoms with E-state index in [1.54, 1.807) is 0 Å². The molecule has 0 spiro atoms. The summed E-state index contributed by atoms with van der Waals surface area (Å²) in [5, 5.41) is 14.8. The summed E-state index contributed by atoms with van der Waals surface area (Å²) in [6.07, 6.45) is 1.64. The Bertz CT molecular complexity index is 588. The van der Waals surface area contributed by atoms with Crippen LogP contribution in [-0.2, 0) is 6.42 Å². The first-order chi connectivity index (χ1) is 9.15. The molecule has 2 aromatic rings. The summed E-state index contributed by atoms with van der Waals surface area (Å²) in [4.78, 5) is 3.46. The lowest BCUT2D eigenvalue weighted by Crippen LogP contribution is -2.40. The van der Waals surface area contributed by atoms with Gasteiger partial charge in [-0.1, -0.05) is 11.6 Å². The van der Waals surface area contributed by atoms with Crippen molar-refractivity contribution in [2.24, 2.45) is 5.92 Å². The number of aryl methyl sites for hydroxylation is 2. The first-order valence-corrected chi connectivity index (χ1v) is 7.11. The van der Waals surface area contributed by atoms with Gasteiger partial charge < -0.3 is 15.4 Å². The second kappa shape index (κ2) is 4.99. The predicted octanol–water partition coefficient (Wildman–Crippen LogP) is 2.30. The molecule has 3 N–H and O–H groups in total. The molecule has 0 bridgehead atoms. The van der Waals surface area contributed by atoms with E-state index in [0.717, 1.165) is 25.9 Å². The van der Waals surface area contributed by atoms with Gasteiger partial charge in [0.05, 0.1) is 6.10 Å². The van der Waals surface area contributed by atoms with Crippen molar-refractivity contribution in [3.8, 4) is 0 Å². The van der Waals surface area contributed by atoms with Crippen LogP contribution in [0.25, 0.3) is 10.9 Å². The van der Waals surface area contributed by atoms with Crippen LogP contribution in [0.3, 0.4) is 0 Å². The van der Waals surface area contributed by atoms with Crippen molar-refractivity contribution in [2.45, 2.75) is 32.8 Å². The second-order valence-electron chi connectivity index (χ2n) is 5.80. The topological polar surface area (TPSA) is 48.0 Å². The zero-order chi connectivity index (χ0) is 13.4. The molecule has 0 radical (unpaired) electrons. The molecule has 3 rings (SSSR count). The maximum absolute atomic E-state index is 10.1. The molecule has 2 atom stereocenters. The van der Waals surface area contributed by atoms with Crippen molar-refractivity contribution in [3.63, 3.8) is 0 Å². The van der Waals surface area contributed by atoms with Crippen molar-refractivity contribution < 1.29 is 5.11 Å². The van der Waals surface area contributed by atoms with E-state index >= 15 is 0 Å². The summed E-state index contributed by atoms with van der Waals surface area (Å²) in [6.45, 7) is 6.11. The molecule has 2 unspecified atom stereocenters. The normalized spacial score (nSPS) is 23.9. The molecule has 0 aliphatic carbocycles. The molecule has 2 heterocycles. The van der Waals surface area contributed by atoms with E-state index in [1.165, 1.54) is 27.7 Å². The fraction of sp³-hybridized carbons (Fsp3) is 0.500. The van der Waals surface area contributed by atoms with Crippen molar-refractivity contribution >= 4 is 10.9 Å². The molecule has 1 aromatic carbocycles. The van der Waals surface area contributed by atoms with E-state index in [2.05, 4.69) is 42.3 Å². The summed E-state index contributed by atoms with van der Waals surface area (Å²) < 4.78 is 0. The Labute approximate surface area is 114 Å². The predicted molar refractivity (Wildman–Crippen MR) is 78.5 cm³/mol. The smallest absolute Gasteiger partial charge is 0.0595 e. The second-order valence-corrected chi connectivity index (χ2v) is 5.80. The summed E-state index contributed by atoms with van der Waals surface area (Å²) in [5.41, 5.74) is 5.09. The number of hydrogen-bond donors (Lipinski definition) is 3. The van der Waals surface area contributed by atoms with Gasteiger partial charge in [-0.2, -0.15) is 0 Å². The van der Waals surface area contributed by atoms with Crippen LogP contribution in [0.4, 0.5) is 0 Å². The third kappa shape index (κ3) is 2.40. The number of nitrogens with one attached hydrogen (secondary N) is 2. The maximum atomic E-state index is 10.1. The lowest BCUT2D eigenvalue weighted by Gasteiger charge is -2.28. The number of H-pyrrole nitrogens is 1. The van der Waals surface area contributed by atoms with Gasteiger partial charge in [-0.25, -0.2) is 0 Å². The molecule has 102 valence electrons. The van der Waals surface area contributed by atoms with E-state index in [9.17, 15) is 5.11 Å². The van der Waals surface area contributed by atoms with Crippen molar-refractivity contribution in [1.82, 2.24) is 10.3 Å². The molecular weight excluding hydrogens is 236 g/mol. The summed E-state index contributed by atoms with van der Waals surface area (Å²) in [7, 11) is 0. The van der Waals surface area contributed by atoms with Gasteiger partial charge in [0, 0.05) is 29.1 Å². The van der Waals surface area contributed by atoms with Crippen LogP contribution in [0, 0.1) is 19.8 Å². The maximum Gasteiger partial charge on any atom is 0.0595 e.